The third-order valence-electron chi connectivity index (χ3n) is 1.60. The first kappa shape index (κ1) is 21.9. The van der Waals surface area contributed by atoms with Crippen LogP contribution in [0.3, 0.4) is 0 Å². The summed E-state index contributed by atoms with van der Waals surface area (Å²) in [5.74, 6) is -0.233. The Balaban J connectivity index is -0.000000328. The van der Waals surface area contributed by atoms with Gasteiger partial charge in [-0.25, -0.2) is 4.39 Å². The first-order valence-electron chi connectivity index (χ1n) is 6.11. The fourth-order valence-electron chi connectivity index (χ4n) is 0.980. The Hall–Kier alpha value is -1.39. The summed E-state index contributed by atoms with van der Waals surface area (Å²) >= 11 is 0. The van der Waals surface area contributed by atoms with Gasteiger partial charge in [0.1, 0.15) is 5.82 Å². The van der Waals surface area contributed by atoms with Crippen molar-refractivity contribution in [1.29, 1.82) is 0 Å². The molecular formula is C14H28FN3. The Kier molecular flexibility index (Phi) is 21.8. The molecular weight excluding hydrogens is 229 g/mol. The molecule has 0 aliphatic heterocycles. The van der Waals surface area contributed by atoms with Gasteiger partial charge in [0, 0.05) is 5.70 Å². The molecule has 0 atom stereocenters. The summed E-state index contributed by atoms with van der Waals surface area (Å²) in [6.07, 6.45) is 2.80. The maximum Gasteiger partial charge on any atom is 0.123 e. The Labute approximate surface area is 111 Å². The van der Waals surface area contributed by atoms with E-state index in [0.717, 1.165) is 12.0 Å². The van der Waals surface area contributed by atoms with Crippen molar-refractivity contribution in [3.63, 3.8) is 0 Å². The minimum absolute atomic E-state index is 0.233. The molecule has 0 unspecified atom stereocenters. The summed E-state index contributed by atoms with van der Waals surface area (Å²) in [6, 6.07) is 6.17. The van der Waals surface area contributed by atoms with E-state index in [9.17, 15) is 4.39 Å². The van der Waals surface area contributed by atoms with Gasteiger partial charge in [-0.3, -0.25) is 0 Å². The molecule has 1 aromatic carbocycles. The number of nitrogens with two attached hydrogens (primary N) is 3. The van der Waals surface area contributed by atoms with Gasteiger partial charge in [0.15, 0.2) is 0 Å². The smallest absolute Gasteiger partial charge is 0.123 e. The van der Waals surface area contributed by atoms with E-state index in [0.29, 0.717) is 5.70 Å². The monoisotopic (exact) mass is 257 g/mol. The molecule has 18 heavy (non-hydrogen) atoms. The van der Waals surface area contributed by atoms with Crippen LogP contribution in [-0.4, -0.2) is 14.1 Å². The van der Waals surface area contributed by atoms with Crippen LogP contribution in [0.4, 0.5) is 4.39 Å². The predicted octanol–water partition coefficient (Wildman–Crippen LogP) is 2.71. The van der Waals surface area contributed by atoms with E-state index in [1.54, 1.807) is 12.1 Å². The minimum atomic E-state index is -0.233. The molecule has 0 bridgehead atoms. The molecule has 6 N–H and O–H groups in total. The average Bonchev–Trinajstić information content (AvgIpc) is 2.46. The maximum atomic E-state index is 12.5. The molecule has 0 saturated heterocycles. The van der Waals surface area contributed by atoms with E-state index < -0.39 is 0 Å². The van der Waals surface area contributed by atoms with Crippen molar-refractivity contribution < 1.29 is 4.39 Å². The largest absolute Gasteiger partial charge is 0.399 e. The molecule has 0 fully saturated rings. The number of allylic oxidation sites excluding steroid dienone is 1. The second kappa shape index (κ2) is 18.0. The van der Waals surface area contributed by atoms with E-state index in [-0.39, 0.29) is 5.82 Å². The van der Waals surface area contributed by atoms with Gasteiger partial charge in [-0.15, -0.1) is 0 Å². The summed E-state index contributed by atoms with van der Waals surface area (Å²) in [5, 5.41) is 0. The highest BCUT2D eigenvalue weighted by molar-refractivity contribution is 5.62. The third-order valence-corrected chi connectivity index (χ3v) is 1.60. The lowest BCUT2D eigenvalue weighted by Gasteiger charge is -1.99. The van der Waals surface area contributed by atoms with E-state index in [1.165, 1.54) is 26.2 Å². The second-order valence-electron chi connectivity index (χ2n) is 2.57. The third kappa shape index (κ3) is 11.1. The van der Waals surface area contributed by atoms with Crippen LogP contribution in [0.2, 0.25) is 0 Å². The SMILES string of the molecule is CC.CC/C=C(\N)c1ccc(F)cc1.CN.CN. The normalized spacial score (nSPS) is 8.78. The first-order chi connectivity index (χ1) is 8.74. The lowest BCUT2D eigenvalue weighted by atomic mass is 10.1. The van der Waals surface area contributed by atoms with Crippen molar-refractivity contribution in [3.05, 3.63) is 41.7 Å². The molecule has 0 heterocycles. The molecule has 0 aliphatic carbocycles. The highest BCUT2D eigenvalue weighted by Gasteiger charge is 1.94. The summed E-state index contributed by atoms with van der Waals surface area (Å²) in [7, 11) is 3.00. The predicted molar refractivity (Wildman–Crippen MR) is 80.4 cm³/mol. The molecule has 4 heteroatoms. The number of benzene rings is 1. The second-order valence-corrected chi connectivity index (χ2v) is 2.57. The van der Waals surface area contributed by atoms with Crippen LogP contribution in [0.25, 0.3) is 5.70 Å². The summed E-state index contributed by atoms with van der Waals surface area (Å²) in [5.41, 5.74) is 16.3. The van der Waals surface area contributed by atoms with Crippen molar-refractivity contribution in [2.45, 2.75) is 27.2 Å². The van der Waals surface area contributed by atoms with Gasteiger partial charge in [-0.2, -0.15) is 0 Å². The highest BCUT2D eigenvalue weighted by Crippen LogP contribution is 2.09. The topological polar surface area (TPSA) is 78.1 Å². The van der Waals surface area contributed by atoms with Gasteiger partial charge in [0.05, 0.1) is 0 Å². The van der Waals surface area contributed by atoms with Crippen LogP contribution in [0.15, 0.2) is 30.3 Å². The fraction of sp³-hybridized carbons (Fsp3) is 0.429. The summed E-state index contributed by atoms with van der Waals surface area (Å²) in [6.45, 7) is 6.01. The summed E-state index contributed by atoms with van der Waals surface area (Å²) in [4.78, 5) is 0. The van der Waals surface area contributed by atoms with Gasteiger partial charge >= 0.3 is 0 Å². The van der Waals surface area contributed by atoms with Crippen molar-refractivity contribution in [1.82, 2.24) is 0 Å². The van der Waals surface area contributed by atoms with Crippen LogP contribution in [-0.2, 0) is 0 Å². The molecule has 106 valence electrons. The molecule has 0 saturated carbocycles. The first-order valence-corrected chi connectivity index (χ1v) is 6.11. The van der Waals surface area contributed by atoms with E-state index in [1.807, 2.05) is 26.8 Å². The summed E-state index contributed by atoms with van der Waals surface area (Å²) < 4.78 is 12.5. The Morgan fingerprint density at radius 3 is 1.78 bits per heavy atom. The molecule has 3 nitrogen and oxygen atoms in total. The van der Waals surface area contributed by atoms with Crippen molar-refractivity contribution >= 4 is 5.70 Å². The van der Waals surface area contributed by atoms with Crippen molar-refractivity contribution in [2.24, 2.45) is 17.2 Å². The molecule has 0 amide bonds. The van der Waals surface area contributed by atoms with Gasteiger partial charge in [0.2, 0.25) is 0 Å². The van der Waals surface area contributed by atoms with Crippen LogP contribution in [0, 0.1) is 5.82 Å². The number of rotatable bonds is 2. The van der Waals surface area contributed by atoms with Crippen LogP contribution in [0.1, 0.15) is 32.8 Å². The van der Waals surface area contributed by atoms with Gasteiger partial charge in [-0.05, 0) is 38.2 Å². The van der Waals surface area contributed by atoms with Crippen LogP contribution >= 0.6 is 0 Å². The Morgan fingerprint density at radius 1 is 1.06 bits per heavy atom. The van der Waals surface area contributed by atoms with E-state index in [4.69, 9.17) is 5.73 Å². The quantitative estimate of drug-likeness (QED) is 0.762. The number of halogens is 1. The number of hydrogen-bond donors (Lipinski definition) is 3. The Morgan fingerprint density at radius 2 is 1.44 bits per heavy atom. The zero-order valence-corrected chi connectivity index (χ0v) is 12.2. The average molecular weight is 257 g/mol. The van der Waals surface area contributed by atoms with Gasteiger partial charge in [0.25, 0.3) is 0 Å². The fourth-order valence-corrected chi connectivity index (χ4v) is 0.980. The standard InChI is InChI=1S/C10H12FN.C2H6.2CH5N/c1-2-3-10(12)8-4-6-9(11)7-5-8;3*1-2/h3-7H,2,12H2,1H3;1-2H3;2*2H2,1H3/b10-3-;;;. The number of hydrogen-bond acceptors (Lipinski definition) is 3. The van der Waals surface area contributed by atoms with Gasteiger partial charge < -0.3 is 17.2 Å². The zero-order chi connectivity index (χ0) is 15.0. The molecule has 0 radical (unpaired) electrons. The molecule has 0 aromatic heterocycles. The lowest BCUT2D eigenvalue weighted by Crippen LogP contribution is -1.95. The maximum absolute atomic E-state index is 12.5. The van der Waals surface area contributed by atoms with Crippen molar-refractivity contribution in [3.8, 4) is 0 Å². The zero-order valence-electron chi connectivity index (χ0n) is 12.2. The van der Waals surface area contributed by atoms with Crippen molar-refractivity contribution in [2.75, 3.05) is 14.1 Å². The van der Waals surface area contributed by atoms with E-state index in [2.05, 4.69) is 11.5 Å². The van der Waals surface area contributed by atoms with Gasteiger partial charge in [-0.1, -0.05) is 39.0 Å². The lowest BCUT2D eigenvalue weighted by molar-refractivity contribution is 0.627. The minimum Gasteiger partial charge on any atom is -0.399 e. The van der Waals surface area contributed by atoms with E-state index >= 15 is 0 Å². The molecule has 1 aromatic rings. The van der Waals surface area contributed by atoms with Crippen LogP contribution < -0.4 is 17.2 Å². The highest BCUT2D eigenvalue weighted by atomic mass is 19.1. The molecule has 0 spiro atoms. The molecule has 0 aliphatic rings. The van der Waals surface area contributed by atoms with Crippen LogP contribution in [0.5, 0.6) is 0 Å². The molecule has 1 rings (SSSR count). The Bertz CT molecular complexity index is 282.